The molecule has 0 amide bonds. The molecule has 0 fully saturated rings. The summed E-state index contributed by atoms with van der Waals surface area (Å²) in [6.07, 6.45) is 0.960. The van der Waals surface area contributed by atoms with Gasteiger partial charge in [-0.15, -0.1) is 0 Å². The molecular weight excluding hydrogens is 214 g/mol. The molecule has 6 nitrogen and oxygen atoms in total. The summed E-state index contributed by atoms with van der Waals surface area (Å²) in [6.45, 7) is 0. The molecule has 1 rings (SSSR count). The van der Waals surface area contributed by atoms with E-state index in [1.807, 2.05) is 0 Å². The number of nitriles is 1. The van der Waals surface area contributed by atoms with Gasteiger partial charge in [-0.25, -0.2) is 4.79 Å². The van der Waals surface area contributed by atoms with Crippen molar-refractivity contribution < 1.29 is 25.2 Å². The first-order valence-corrected chi connectivity index (χ1v) is 4.05. The average Bonchev–Trinajstić information content (AvgIpc) is 2.21. The Labute approximate surface area is 89.9 Å². The fourth-order valence-corrected chi connectivity index (χ4v) is 1.02. The van der Waals surface area contributed by atoms with Crippen molar-refractivity contribution in [3.05, 3.63) is 23.3 Å². The van der Waals surface area contributed by atoms with Crippen molar-refractivity contribution in [1.29, 1.82) is 5.26 Å². The molecule has 0 aliphatic rings. The monoisotopic (exact) mass is 221 g/mol. The summed E-state index contributed by atoms with van der Waals surface area (Å²) in [5, 5.41) is 44.3. The molecule has 0 atom stereocenters. The number of hydrogen-bond acceptors (Lipinski definition) is 5. The molecule has 1 aromatic rings. The molecule has 0 bridgehead atoms. The number of carbonyl (C=O) groups is 1. The zero-order chi connectivity index (χ0) is 12.3. The van der Waals surface area contributed by atoms with Gasteiger partial charge >= 0.3 is 5.97 Å². The molecular formula is C10H7NO5. The number of carboxylic acids is 1. The summed E-state index contributed by atoms with van der Waals surface area (Å²) in [6, 6.07) is 3.49. The zero-order valence-corrected chi connectivity index (χ0v) is 7.88. The minimum Gasteiger partial charge on any atom is -0.504 e. The molecule has 0 unspecified atom stereocenters. The maximum Gasteiger partial charge on any atom is 0.346 e. The summed E-state index contributed by atoms with van der Waals surface area (Å²) in [4.78, 5) is 10.5. The van der Waals surface area contributed by atoms with E-state index < -0.39 is 28.8 Å². The normalized spacial score (nSPS) is 10.8. The molecule has 0 saturated carbocycles. The van der Waals surface area contributed by atoms with Crippen molar-refractivity contribution >= 4 is 12.0 Å². The van der Waals surface area contributed by atoms with Crippen molar-refractivity contribution in [3.63, 3.8) is 0 Å². The van der Waals surface area contributed by atoms with Gasteiger partial charge < -0.3 is 20.4 Å². The second-order valence-corrected chi connectivity index (χ2v) is 2.88. The molecule has 0 aromatic heterocycles. The lowest BCUT2D eigenvalue weighted by Gasteiger charge is -2.02. The zero-order valence-electron chi connectivity index (χ0n) is 7.88. The van der Waals surface area contributed by atoms with Gasteiger partial charge in [0.2, 0.25) is 0 Å². The predicted octanol–water partition coefficient (Wildman–Crippen LogP) is 0.795. The highest BCUT2D eigenvalue weighted by molar-refractivity contribution is 5.96. The van der Waals surface area contributed by atoms with E-state index in [2.05, 4.69) is 0 Å². The van der Waals surface area contributed by atoms with E-state index in [4.69, 9.17) is 25.7 Å². The van der Waals surface area contributed by atoms with Crippen LogP contribution >= 0.6 is 0 Å². The number of hydrogen-bond donors (Lipinski definition) is 4. The van der Waals surface area contributed by atoms with Crippen LogP contribution in [0.25, 0.3) is 6.08 Å². The quantitative estimate of drug-likeness (QED) is 0.333. The third kappa shape index (κ3) is 2.22. The molecule has 1 aromatic carbocycles. The summed E-state index contributed by atoms with van der Waals surface area (Å²) >= 11 is 0. The Kier molecular flexibility index (Phi) is 3.01. The predicted molar refractivity (Wildman–Crippen MR) is 52.7 cm³/mol. The Balaban J connectivity index is 3.27. The molecule has 0 heterocycles. The molecule has 4 N–H and O–H groups in total. The molecule has 0 aliphatic heterocycles. The molecule has 6 heteroatoms. The molecule has 0 saturated heterocycles. The first-order chi connectivity index (χ1) is 7.45. The van der Waals surface area contributed by atoms with Gasteiger partial charge in [0.15, 0.2) is 17.2 Å². The Morgan fingerprint density at radius 3 is 2.12 bits per heavy atom. The first-order valence-electron chi connectivity index (χ1n) is 4.05. The maximum absolute atomic E-state index is 10.5. The topological polar surface area (TPSA) is 122 Å². The molecule has 0 radical (unpaired) electrons. The van der Waals surface area contributed by atoms with Gasteiger partial charge in [-0.05, 0) is 23.8 Å². The smallest absolute Gasteiger partial charge is 0.346 e. The van der Waals surface area contributed by atoms with Gasteiger partial charge in [0.1, 0.15) is 11.6 Å². The number of aliphatic carboxylic acids is 1. The number of phenols is 3. The maximum atomic E-state index is 10.5. The van der Waals surface area contributed by atoms with Crippen LogP contribution in [0.15, 0.2) is 17.7 Å². The van der Waals surface area contributed by atoms with Crippen molar-refractivity contribution in [1.82, 2.24) is 0 Å². The third-order valence-electron chi connectivity index (χ3n) is 1.75. The Hall–Kier alpha value is -2.68. The van der Waals surface area contributed by atoms with E-state index in [1.165, 1.54) is 6.07 Å². The average molecular weight is 221 g/mol. The number of nitrogens with zero attached hydrogens (tertiary/aromatic N) is 1. The highest BCUT2D eigenvalue weighted by atomic mass is 16.4. The van der Waals surface area contributed by atoms with Crippen molar-refractivity contribution in [2.24, 2.45) is 0 Å². The van der Waals surface area contributed by atoms with Crippen LogP contribution in [0.2, 0.25) is 0 Å². The highest BCUT2D eigenvalue weighted by Crippen LogP contribution is 2.35. The first kappa shape index (κ1) is 11.4. The summed E-state index contributed by atoms with van der Waals surface area (Å²) in [5.74, 6) is -3.33. The minimum absolute atomic E-state index is 0.0896. The molecule has 0 spiro atoms. The Morgan fingerprint density at radius 1 is 1.25 bits per heavy atom. The second kappa shape index (κ2) is 4.23. The van der Waals surface area contributed by atoms with Crippen molar-refractivity contribution in [2.75, 3.05) is 0 Å². The summed E-state index contributed by atoms with van der Waals surface area (Å²) in [7, 11) is 0. The van der Waals surface area contributed by atoms with Gasteiger partial charge in [-0.2, -0.15) is 5.26 Å². The van der Waals surface area contributed by atoms with E-state index >= 15 is 0 Å². The van der Waals surface area contributed by atoms with E-state index in [0.29, 0.717) is 0 Å². The fourth-order valence-electron chi connectivity index (χ4n) is 1.02. The Morgan fingerprint density at radius 2 is 1.75 bits per heavy atom. The number of aromatic hydroxyl groups is 3. The lowest BCUT2D eigenvalue weighted by Crippen LogP contribution is -1.97. The lowest BCUT2D eigenvalue weighted by atomic mass is 10.1. The van der Waals surface area contributed by atoms with E-state index in [-0.39, 0.29) is 5.56 Å². The molecule has 82 valence electrons. The highest BCUT2D eigenvalue weighted by Gasteiger charge is 2.10. The van der Waals surface area contributed by atoms with Crippen molar-refractivity contribution in [3.8, 4) is 23.3 Å². The van der Waals surface area contributed by atoms with Gasteiger partial charge in [-0.1, -0.05) is 0 Å². The minimum atomic E-state index is -1.42. The SMILES string of the molecule is N#CC(=Cc1cc(O)c(O)c(O)c1)C(=O)O. The van der Waals surface area contributed by atoms with Gasteiger partial charge in [0.05, 0.1) is 0 Å². The van der Waals surface area contributed by atoms with Crippen LogP contribution in [-0.2, 0) is 4.79 Å². The molecule has 0 aliphatic carbocycles. The van der Waals surface area contributed by atoms with Gasteiger partial charge in [-0.3, -0.25) is 0 Å². The van der Waals surface area contributed by atoms with E-state index in [0.717, 1.165) is 18.2 Å². The Bertz CT molecular complexity index is 489. The van der Waals surface area contributed by atoms with Crippen LogP contribution in [0.5, 0.6) is 17.2 Å². The third-order valence-corrected chi connectivity index (χ3v) is 1.75. The van der Waals surface area contributed by atoms with Crippen LogP contribution in [0.4, 0.5) is 0 Å². The number of rotatable bonds is 2. The van der Waals surface area contributed by atoms with E-state index in [1.54, 1.807) is 0 Å². The van der Waals surface area contributed by atoms with E-state index in [9.17, 15) is 4.79 Å². The van der Waals surface area contributed by atoms with Gasteiger partial charge in [0, 0.05) is 0 Å². The standard InChI is InChI=1S/C10H7NO5/c11-4-6(10(15)16)1-5-2-7(12)9(14)8(13)3-5/h1-3,12-14H,(H,15,16). The number of benzene rings is 1. The summed E-state index contributed by atoms with van der Waals surface area (Å²) < 4.78 is 0. The lowest BCUT2D eigenvalue weighted by molar-refractivity contribution is -0.132. The van der Waals surface area contributed by atoms with Crippen LogP contribution in [-0.4, -0.2) is 26.4 Å². The fraction of sp³-hybridized carbons (Fsp3) is 0. The number of phenolic OH excluding ortho intramolecular Hbond substituents is 3. The second-order valence-electron chi connectivity index (χ2n) is 2.88. The largest absolute Gasteiger partial charge is 0.504 e. The molecule has 16 heavy (non-hydrogen) atoms. The van der Waals surface area contributed by atoms with Crippen LogP contribution in [0, 0.1) is 11.3 Å². The van der Waals surface area contributed by atoms with Crippen LogP contribution < -0.4 is 0 Å². The summed E-state index contributed by atoms with van der Waals surface area (Å²) in [5.41, 5.74) is -0.462. The van der Waals surface area contributed by atoms with Crippen LogP contribution in [0.3, 0.4) is 0 Å². The van der Waals surface area contributed by atoms with Crippen LogP contribution in [0.1, 0.15) is 5.56 Å². The van der Waals surface area contributed by atoms with Gasteiger partial charge in [0.25, 0.3) is 0 Å². The number of carboxylic acid groups (broad SMARTS) is 1. The van der Waals surface area contributed by atoms with Crippen molar-refractivity contribution in [2.45, 2.75) is 0 Å².